The standard InChI is InChI=1S/C35H23FN2O/c1-39-31-20-16-26(17-21-31)33-32-23-29(25-14-18-30(36)19-15-25)22-28(13-12-24-8-4-2-5-9-24)34(32)38-35(37-33)27-10-6-3-7-11-27/h2-11,14-23H,1H3. The topological polar surface area (TPSA) is 35.0 Å². The second-order valence-electron chi connectivity index (χ2n) is 9.03. The fourth-order valence-corrected chi connectivity index (χ4v) is 4.48. The number of nitrogens with zero attached hydrogens (tertiary/aromatic N) is 2. The minimum Gasteiger partial charge on any atom is -0.497 e. The van der Waals surface area contributed by atoms with E-state index in [-0.39, 0.29) is 5.82 Å². The van der Waals surface area contributed by atoms with Gasteiger partial charge in [0, 0.05) is 22.1 Å². The molecule has 3 nitrogen and oxygen atoms in total. The molecule has 0 bridgehead atoms. The van der Waals surface area contributed by atoms with E-state index in [0.717, 1.165) is 55.7 Å². The number of hydrogen-bond acceptors (Lipinski definition) is 3. The molecule has 6 rings (SSSR count). The van der Waals surface area contributed by atoms with Gasteiger partial charge in [-0.25, -0.2) is 14.4 Å². The molecule has 0 fully saturated rings. The van der Waals surface area contributed by atoms with Crippen LogP contribution in [0.15, 0.2) is 121 Å². The smallest absolute Gasteiger partial charge is 0.160 e. The molecule has 1 aromatic heterocycles. The number of fused-ring (bicyclic) bond motifs is 1. The molecule has 5 aromatic carbocycles. The number of halogens is 1. The minimum absolute atomic E-state index is 0.279. The van der Waals surface area contributed by atoms with Gasteiger partial charge < -0.3 is 4.74 Å². The third kappa shape index (κ3) is 5.12. The van der Waals surface area contributed by atoms with Gasteiger partial charge in [0.25, 0.3) is 0 Å². The first-order valence-electron chi connectivity index (χ1n) is 12.6. The van der Waals surface area contributed by atoms with Crippen LogP contribution in [0, 0.1) is 17.7 Å². The average Bonchev–Trinajstić information content (AvgIpc) is 3.00. The Labute approximate surface area is 226 Å². The average molecular weight is 507 g/mol. The third-order valence-corrected chi connectivity index (χ3v) is 6.49. The van der Waals surface area contributed by atoms with Gasteiger partial charge >= 0.3 is 0 Å². The van der Waals surface area contributed by atoms with Crippen LogP contribution in [0.25, 0.3) is 44.7 Å². The van der Waals surface area contributed by atoms with Gasteiger partial charge in [-0.1, -0.05) is 72.5 Å². The van der Waals surface area contributed by atoms with Crippen molar-refractivity contribution in [1.29, 1.82) is 0 Å². The molecule has 0 atom stereocenters. The molecule has 1 heterocycles. The molecule has 0 aliphatic carbocycles. The summed E-state index contributed by atoms with van der Waals surface area (Å²) in [4.78, 5) is 10.1. The largest absolute Gasteiger partial charge is 0.497 e. The molecule has 186 valence electrons. The van der Waals surface area contributed by atoms with E-state index in [1.807, 2.05) is 91.0 Å². The molecule has 0 radical (unpaired) electrons. The van der Waals surface area contributed by atoms with Gasteiger partial charge in [-0.3, -0.25) is 0 Å². The Morgan fingerprint density at radius 3 is 1.97 bits per heavy atom. The van der Waals surface area contributed by atoms with Gasteiger partial charge in [0.1, 0.15) is 11.6 Å². The molecule has 0 saturated heterocycles. The molecule has 0 amide bonds. The number of aromatic nitrogens is 2. The zero-order valence-electron chi connectivity index (χ0n) is 21.2. The fourth-order valence-electron chi connectivity index (χ4n) is 4.48. The lowest BCUT2D eigenvalue weighted by molar-refractivity contribution is 0.415. The van der Waals surface area contributed by atoms with Crippen LogP contribution in [0.3, 0.4) is 0 Å². The van der Waals surface area contributed by atoms with Crippen LogP contribution in [-0.2, 0) is 0 Å². The van der Waals surface area contributed by atoms with Gasteiger partial charge in [0.15, 0.2) is 5.82 Å². The van der Waals surface area contributed by atoms with Gasteiger partial charge in [-0.05, 0) is 71.8 Å². The monoisotopic (exact) mass is 506 g/mol. The zero-order chi connectivity index (χ0) is 26.6. The molecular formula is C35H23FN2O. The zero-order valence-corrected chi connectivity index (χ0v) is 21.2. The highest BCUT2D eigenvalue weighted by molar-refractivity contribution is 5.99. The van der Waals surface area contributed by atoms with Crippen molar-refractivity contribution in [3.8, 4) is 51.4 Å². The number of rotatable bonds is 4. The lowest BCUT2D eigenvalue weighted by Crippen LogP contribution is -1.98. The highest BCUT2D eigenvalue weighted by Gasteiger charge is 2.16. The van der Waals surface area contributed by atoms with Gasteiger partial charge in [0.05, 0.1) is 23.9 Å². The van der Waals surface area contributed by atoms with Gasteiger partial charge in [-0.15, -0.1) is 0 Å². The van der Waals surface area contributed by atoms with E-state index in [1.165, 1.54) is 12.1 Å². The predicted molar refractivity (Wildman–Crippen MR) is 155 cm³/mol. The maximum atomic E-state index is 13.7. The van der Waals surface area contributed by atoms with E-state index < -0.39 is 0 Å². The van der Waals surface area contributed by atoms with Crippen LogP contribution in [0.1, 0.15) is 11.1 Å². The summed E-state index contributed by atoms with van der Waals surface area (Å²) >= 11 is 0. The summed E-state index contributed by atoms with van der Waals surface area (Å²) in [5.74, 6) is 7.76. The normalized spacial score (nSPS) is 10.6. The van der Waals surface area contributed by atoms with Crippen LogP contribution in [0.5, 0.6) is 5.75 Å². The summed E-state index contributed by atoms with van der Waals surface area (Å²) in [7, 11) is 1.65. The van der Waals surface area contributed by atoms with Crippen molar-refractivity contribution >= 4 is 10.9 Å². The maximum absolute atomic E-state index is 13.7. The van der Waals surface area contributed by atoms with Crippen molar-refractivity contribution in [3.05, 3.63) is 138 Å². The summed E-state index contributed by atoms with van der Waals surface area (Å²) in [6, 6.07) is 38.2. The predicted octanol–water partition coefficient (Wildman–Crippen LogP) is 8.18. The van der Waals surface area contributed by atoms with Crippen LogP contribution in [0.2, 0.25) is 0 Å². The molecule has 0 spiro atoms. The number of ether oxygens (including phenoxy) is 1. The Hall–Kier alpha value is -5.27. The van der Waals surface area contributed by atoms with E-state index in [2.05, 4.69) is 17.9 Å². The lowest BCUT2D eigenvalue weighted by atomic mass is 9.96. The van der Waals surface area contributed by atoms with Crippen molar-refractivity contribution < 1.29 is 9.13 Å². The maximum Gasteiger partial charge on any atom is 0.160 e. The number of hydrogen-bond donors (Lipinski definition) is 0. The second-order valence-corrected chi connectivity index (χ2v) is 9.03. The van der Waals surface area contributed by atoms with E-state index in [4.69, 9.17) is 14.7 Å². The van der Waals surface area contributed by atoms with Crippen molar-refractivity contribution in [3.63, 3.8) is 0 Å². The Kier molecular flexibility index (Phi) is 6.55. The Morgan fingerprint density at radius 1 is 0.615 bits per heavy atom. The number of benzene rings is 5. The van der Waals surface area contributed by atoms with E-state index in [1.54, 1.807) is 19.2 Å². The summed E-state index contributed by atoms with van der Waals surface area (Å²) in [6.45, 7) is 0. The third-order valence-electron chi connectivity index (χ3n) is 6.49. The summed E-state index contributed by atoms with van der Waals surface area (Å²) in [5.41, 5.74) is 6.85. The molecule has 4 heteroatoms. The van der Waals surface area contributed by atoms with Crippen LogP contribution < -0.4 is 4.74 Å². The molecular weight excluding hydrogens is 483 g/mol. The fraction of sp³-hybridized carbons (Fsp3) is 0.0286. The van der Waals surface area contributed by atoms with Crippen molar-refractivity contribution in [2.45, 2.75) is 0 Å². The van der Waals surface area contributed by atoms with Crippen LogP contribution in [0.4, 0.5) is 4.39 Å². The molecule has 0 aliphatic rings. The molecule has 0 aliphatic heterocycles. The summed E-state index contributed by atoms with van der Waals surface area (Å²) < 4.78 is 19.1. The SMILES string of the molecule is COc1ccc(-c2nc(-c3ccccc3)nc3c(C#Cc4ccccc4)cc(-c4ccc(F)cc4)cc23)cc1. The Morgan fingerprint density at radius 2 is 1.28 bits per heavy atom. The highest BCUT2D eigenvalue weighted by atomic mass is 19.1. The molecule has 0 saturated carbocycles. The van der Waals surface area contributed by atoms with Crippen molar-refractivity contribution in [2.75, 3.05) is 7.11 Å². The molecule has 6 aromatic rings. The van der Waals surface area contributed by atoms with Crippen molar-refractivity contribution in [2.24, 2.45) is 0 Å². The first kappa shape index (κ1) is 24.1. The van der Waals surface area contributed by atoms with Crippen molar-refractivity contribution in [1.82, 2.24) is 9.97 Å². The van der Waals surface area contributed by atoms with Crippen LogP contribution in [-0.4, -0.2) is 17.1 Å². The molecule has 0 N–H and O–H groups in total. The summed E-state index contributed by atoms with van der Waals surface area (Å²) in [6.07, 6.45) is 0. The minimum atomic E-state index is -0.279. The highest BCUT2D eigenvalue weighted by Crippen LogP contribution is 2.35. The van der Waals surface area contributed by atoms with E-state index in [0.29, 0.717) is 5.82 Å². The Balaban J connectivity index is 1.66. The first-order valence-corrected chi connectivity index (χ1v) is 12.6. The first-order chi connectivity index (χ1) is 19.2. The van der Waals surface area contributed by atoms with E-state index in [9.17, 15) is 4.39 Å². The summed E-state index contributed by atoms with van der Waals surface area (Å²) in [5, 5.41) is 0.860. The van der Waals surface area contributed by atoms with Gasteiger partial charge in [-0.2, -0.15) is 0 Å². The second kappa shape index (κ2) is 10.6. The molecule has 39 heavy (non-hydrogen) atoms. The van der Waals surface area contributed by atoms with Gasteiger partial charge in [0.2, 0.25) is 0 Å². The Bertz CT molecular complexity index is 1820. The lowest BCUT2D eigenvalue weighted by Gasteiger charge is -2.13. The number of methoxy groups -OCH3 is 1. The van der Waals surface area contributed by atoms with E-state index >= 15 is 0 Å². The molecule has 0 unspecified atom stereocenters. The van der Waals surface area contributed by atoms with Crippen LogP contribution >= 0.6 is 0 Å². The quantitative estimate of drug-likeness (QED) is 0.226.